The zero-order valence-corrected chi connectivity index (χ0v) is 19.1. The fourth-order valence-electron chi connectivity index (χ4n) is 4.23. The predicted octanol–water partition coefficient (Wildman–Crippen LogP) is 2.98. The van der Waals surface area contributed by atoms with Gasteiger partial charge in [-0.25, -0.2) is 9.97 Å². The number of rotatable bonds is 7. The number of alkyl halides is 3. The van der Waals surface area contributed by atoms with Crippen molar-refractivity contribution in [3.63, 3.8) is 0 Å². The third kappa shape index (κ3) is 6.72. The van der Waals surface area contributed by atoms with Gasteiger partial charge in [0.2, 0.25) is 11.9 Å². The summed E-state index contributed by atoms with van der Waals surface area (Å²) in [6.07, 6.45) is -0.183. The Labute approximate surface area is 196 Å². The lowest BCUT2D eigenvalue weighted by Crippen LogP contribution is -2.50. The van der Waals surface area contributed by atoms with Gasteiger partial charge in [-0.15, -0.1) is 13.2 Å². The van der Waals surface area contributed by atoms with Crippen molar-refractivity contribution >= 4 is 17.5 Å². The third-order valence-electron chi connectivity index (χ3n) is 6.09. The van der Waals surface area contributed by atoms with Crippen molar-refractivity contribution in [3.8, 4) is 5.75 Å². The van der Waals surface area contributed by atoms with Gasteiger partial charge in [-0.1, -0.05) is 19.1 Å². The molecule has 2 fully saturated rings. The van der Waals surface area contributed by atoms with Crippen molar-refractivity contribution < 1.29 is 22.7 Å². The molecule has 0 aliphatic carbocycles. The molecule has 1 unspecified atom stereocenters. The topological polar surface area (TPSA) is 73.8 Å². The average molecular weight is 479 g/mol. The molecule has 1 aromatic heterocycles. The van der Waals surface area contributed by atoms with Gasteiger partial charge in [0.1, 0.15) is 5.75 Å². The van der Waals surface area contributed by atoms with Crippen LogP contribution in [0, 0.1) is 5.92 Å². The number of nitrogens with zero attached hydrogens (tertiary/aromatic N) is 5. The maximum atomic E-state index is 12.5. The first kappa shape index (κ1) is 24.1. The molecule has 0 bridgehead atoms. The van der Waals surface area contributed by atoms with Gasteiger partial charge in [0.25, 0.3) is 0 Å². The van der Waals surface area contributed by atoms with Gasteiger partial charge >= 0.3 is 6.36 Å². The van der Waals surface area contributed by atoms with Gasteiger partial charge in [-0.05, 0) is 30.0 Å². The molecule has 11 heteroatoms. The van der Waals surface area contributed by atoms with Crippen molar-refractivity contribution in [1.82, 2.24) is 19.8 Å². The highest BCUT2D eigenvalue weighted by Crippen LogP contribution is 2.24. The molecule has 0 radical (unpaired) electrons. The minimum Gasteiger partial charge on any atom is -0.406 e. The normalized spacial score (nSPS) is 19.4. The van der Waals surface area contributed by atoms with E-state index in [2.05, 4.69) is 36.7 Å². The number of anilines is 2. The van der Waals surface area contributed by atoms with E-state index in [1.807, 2.05) is 4.90 Å². The molecule has 8 nitrogen and oxygen atoms in total. The monoisotopic (exact) mass is 478 g/mol. The second kappa shape index (κ2) is 10.5. The minimum absolute atomic E-state index is 0.215. The molecule has 1 amide bonds. The number of ether oxygens (including phenoxy) is 1. The van der Waals surface area contributed by atoms with Crippen LogP contribution >= 0.6 is 0 Å². The molecule has 3 heterocycles. The number of benzene rings is 1. The summed E-state index contributed by atoms with van der Waals surface area (Å²) in [5, 5.41) is 3.01. The number of carbonyl (C=O) groups excluding carboxylic acids is 1. The Hall–Kier alpha value is -3.08. The van der Waals surface area contributed by atoms with Crippen molar-refractivity contribution in [2.45, 2.75) is 26.3 Å². The van der Waals surface area contributed by atoms with E-state index < -0.39 is 6.36 Å². The number of aromatic nitrogens is 2. The third-order valence-corrected chi connectivity index (χ3v) is 6.09. The predicted molar refractivity (Wildman–Crippen MR) is 121 cm³/mol. The SMILES string of the molecule is CC1CCN(C(=O)CN2CCN(c3cnc(NCc4cccc(OC(F)(F)F)c4)nc3)CC2)C1. The summed E-state index contributed by atoms with van der Waals surface area (Å²) in [5.74, 6) is 0.924. The molecule has 1 aromatic carbocycles. The Bertz CT molecular complexity index is 964. The number of amides is 1. The van der Waals surface area contributed by atoms with Crippen LogP contribution < -0.4 is 15.0 Å². The Balaban J connectivity index is 1.23. The second-order valence-electron chi connectivity index (χ2n) is 8.81. The molecule has 2 aliphatic rings. The number of carbonyl (C=O) groups is 1. The van der Waals surface area contributed by atoms with Crippen LogP contribution in [0.25, 0.3) is 0 Å². The van der Waals surface area contributed by atoms with Crippen LogP contribution in [0.4, 0.5) is 24.8 Å². The maximum absolute atomic E-state index is 12.5. The quantitative estimate of drug-likeness (QED) is 0.656. The van der Waals surface area contributed by atoms with Gasteiger partial charge in [0.15, 0.2) is 0 Å². The number of hydrogen-bond acceptors (Lipinski definition) is 7. The van der Waals surface area contributed by atoms with Crippen molar-refractivity contribution in [2.75, 3.05) is 56.0 Å². The summed E-state index contributed by atoms with van der Waals surface area (Å²) in [4.78, 5) is 27.5. The van der Waals surface area contributed by atoms with Crippen LogP contribution in [0.15, 0.2) is 36.7 Å². The van der Waals surface area contributed by atoms with Crippen LogP contribution in [-0.2, 0) is 11.3 Å². The summed E-state index contributed by atoms with van der Waals surface area (Å²) in [6.45, 7) is 7.80. The van der Waals surface area contributed by atoms with E-state index >= 15 is 0 Å². The van der Waals surface area contributed by atoms with Crippen LogP contribution in [0.2, 0.25) is 0 Å². The van der Waals surface area contributed by atoms with Gasteiger partial charge in [0.05, 0.1) is 24.6 Å². The Morgan fingerprint density at radius 3 is 2.53 bits per heavy atom. The van der Waals surface area contributed by atoms with Gasteiger partial charge in [-0.3, -0.25) is 9.69 Å². The summed E-state index contributed by atoms with van der Waals surface area (Å²) in [7, 11) is 0. The molecule has 34 heavy (non-hydrogen) atoms. The number of likely N-dealkylation sites (tertiary alicyclic amines) is 1. The molecule has 184 valence electrons. The van der Waals surface area contributed by atoms with Crippen molar-refractivity contribution in [3.05, 3.63) is 42.2 Å². The van der Waals surface area contributed by atoms with Crippen molar-refractivity contribution in [2.24, 2.45) is 5.92 Å². The largest absolute Gasteiger partial charge is 0.573 e. The summed E-state index contributed by atoms with van der Waals surface area (Å²) in [6, 6.07) is 5.77. The molecule has 2 saturated heterocycles. The molecule has 1 atom stereocenters. The van der Waals surface area contributed by atoms with Gasteiger partial charge < -0.3 is 19.9 Å². The van der Waals surface area contributed by atoms with Crippen LogP contribution in [-0.4, -0.2) is 77.9 Å². The number of piperazine rings is 1. The first-order valence-electron chi connectivity index (χ1n) is 11.4. The Kier molecular flexibility index (Phi) is 7.40. The molecular weight excluding hydrogens is 449 g/mol. The highest BCUT2D eigenvalue weighted by atomic mass is 19.4. The van der Waals surface area contributed by atoms with E-state index in [1.54, 1.807) is 18.5 Å². The highest BCUT2D eigenvalue weighted by molar-refractivity contribution is 5.78. The average Bonchev–Trinajstić information content (AvgIpc) is 3.24. The summed E-state index contributed by atoms with van der Waals surface area (Å²) < 4.78 is 41.1. The lowest BCUT2D eigenvalue weighted by Gasteiger charge is -2.36. The van der Waals surface area contributed by atoms with E-state index in [-0.39, 0.29) is 18.2 Å². The van der Waals surface area contributed by atoms with Gasteiger partial charge in [-0.2, -0.15) is 0 Å². The second-order valence-corrected chi connectivity index (χ2v) is 8.81. The minimum atomic E-state index is -4.72. The first-order chi connectivity index (χ1) is 16.2. The zero-order chi connectivity index (χ0) is 24.1. The smallest absolute Gasteiger partial charge is 0.406 e. The lowest BCUT2D eigenvalue weighted by atomic mass is 10.2. The van der Waals surface area contributed by atoms with Crippen LogP contribution in [0.3, 0.4) is 0 Å². The molecule has 0 spiro atoms. The van der Waals surface area contributed by atoms with E-state index in [1.165, 1.54) is 18.2 Å². The standard InChI is InChI=1S/C23H29F3N6O2/c1-17-5-6-32(15-17)21(33)16-30-7-9-31(10-8-30)19-13-28-22(29-14-19)27-12-18-3-2-4-20(11-18)34-23(24,25)26/h2-4,11,13-14,17H,5-10,12,15-16H2,1H3,(H,27,28,29). The maximum Gasteiger partial charge on any atom is 0.573 e. The fraction of sp³-hybridized carbons (Fsp3) is 0.522. The van der Waals surface area contributed by atoms with E-state index in [0.717, 1.165) is 51.4 Å². The van der Waals surface area contributed by atoms with Crippen molar-refractivity contribution in [1.29, 1.82) is 0 Å². The highest BCUT2D eigenvalue weighted by Gasteiger charge is 2.31. The molecule has 4 rings (SSSR count). The molecule has 2 aromatic rings. The van der Waals surface area contributed by atoms with Crippen LogP contribution in [0.5, 0.6) is 5.75 Å². The summed E-state index contributed by atoms with van der Waals surface area (Å²) >= 11 is 0. The number of nitrogens with one attached hydrogen (secondary N) is 1. The van der Waals surface area contributed by atoms with E-state index in [0.29, 0.717) is 24.0 Å². The first-order valence-corrected chi connectivity index (χ1v) is 11.4. The molecule has 0 saturated carbocycles. The number of hydrogen-bond donors (Lipinski definition) is 1. The molecule has 2 aliphatic heterocycles. The molecular formula is C23H29F3N6O2. The Morgan fingerprint density at radius 1 is 1.15 bits per heavy atom. The van der Waals surface area contributed by atoms with Crippen LogP contribution in [0.1, 0.15) is 18.9 Å². The summed E-state index contributed by atoms with van der Waals surface area (Å²) in [5.41, 5.74) is 1.51. The van der Waals surface area contributed by atoms with Gasteiger partial charge in [0, 0.05) is 45.8 Å². The van der Waals surface area contributed by atoms with E-state index in [9.17, 15) is 18.0 Å². The van der Waals surface area contributed by atoms with E-state index in [4.69, 9.17) is 0 Å². The zero-order valence-electron chi connectivity index (χ0n) is 19.1. The lowest BCUT2D eigenvalue weighted by molar-refractivity contribution is -0.274. The fourth-order valence-corrected chi connectivity index (χ4v) is 4.23. The Morgan fingerprint density at radius 2 is 1.88 bits per heavy atom. The molecule has 1 N–H and O–H groups in total. The number of halogens is 3.